The van der Waals surface area contributed by atoms with Crippen molar-refractivity contribution in [2.24, 2.45) is 5.92 Å². The van der Waals surface area contributed by atoms with Gasteiger partial charge in [0.15, 0.2) is 0 Å². The van der Waals surface area contributed by atoms with Gasteiger partial charge in [-0.05, 0) is 0 Å². The fourth-order valence-electron chi connectivity index (χ4n) is 1.96. The van der Waals surface area contributed by atoms with E-state index in [0.717, 1.165) is 0 Å². The first-order valence-corrected chi connectivity index (χ1v) is 3.81. The van der Waals surface area contributed by atoms with Gasteiger partial charge in [-0.3, -0.25) is 5.10 Å². The van der Waals surface area contributed by atoms with Crippen molar-refractivity contribution in [3.05, 3.63) is 29.6 Å². The number of alkyl halides is 2. The SMILES string of the molecule is FC1(F)c2[nH]ncc2[C@H]2C=C[C@H]21. The molecule has 0 spiro atoms. The lowest BCUT2D eigenvalue weighted by Crippen LogP contribution is -2.26. The summed E-state index contributed by atoms with van der Waals surface area (Å²) in [6, 6.07) is 0. The van der Waals surface area contributed by atoms with Crippen molar-refractivity contribution in [1.82, 2.24) is 10.2 Å². The average Bonchev–Trinajstić information content (AvgIpc) is 2.35. The number of H-pyrrole nitrogens is 1. The number of nitrogens with zero attached hydrogens (tertiary/aromatic N) is 1. The number of hydrogen-bond donors (Lipinski definition) is 1. The predicted octanol–water partition coefficient (Wildman–Crippen LogP) is 1.78. The third kappa shape index (κ3) is 0.470. The fraction of sp³-hybridized carbons (Fsp3) is 0.375. The van der Waals surface area contributed by atoms with Gasteiger partial charge < -0.3 is 0 Å². The van der Waals surface area contributed by atoms with Crippen LogP contribution in [0.15, 0.2) is 18.3 Å². The van der Waals surface area contributed by atoms with E-state index in [1.807, 2.05) is 0 Å². The number of fused-ring (bicyclic) bond motifs is 3. The van der Waals surface area contributed by atoms with Crippen LogP contribution in [0.1, 0.15) is 17.2 Å². The first kappa shape index (κ1) is 6.34. The van der Waals surface area contributed by atoms with E-state index in [9.17, 15) is 8.78 Å². The lowest BCUT2D eigenvalue weighted by molar-refractivity contribution is -0.0474. The molecule has 0 radical (unpaired) electrons. The van der Waals surface area contributed by atoms with Crippen molar-refractivity contribution in [3.63, 3.8) is 0 Å². The molecule has 2 aliphatic carbocycles. The van der Waals surface area contributed by atoms with E-state index in [1.165, 1.54) is 6.20 Å². The van der Waals surface area contributed by atoms with Gasteiger partial charge in [-0.2, -0.15) is 13.9 Å². The zero-order valence-corrected chi connectivity index (χ0v) is 6.09. The topological polar surface area (TPSA) is 28.7 Å². The van der Waals surface area contributed by atoms with E-state index in [1.54, 1.807) is 12.2 Å². The smallest absolute Gasteiger partial charge is 0.276 e. The summed E-state index contributed by atoms with van der Waals surface area (Å²) in [5.74, 6) is -3.46. The molecule has 0 saturated heterocycles. The Kier molecular flexibility index (Phi) is 0.846. The molecule has 1 N–H and O–H groups in total. The summed E-state index contributed by atoms with van der Waals surface area (Å²) >= 11 is 0. The van der Waals surface area contributed by atoms with Crippen LogP contribution in [0, 0.1) is 5.92 Å². The quantitative estimate of drug-likeness (QED) is 0.588. The van der Waals surface area contributed by atoms with Gasteiger partial charge in [0.05, 0.1) is 12.1 Å². The highest BCUT2D eigenvalue weighted by molar-refractivity contribution is 5.44. The Balaban J connectivity index is 2.26. The summed E-state index contributed by atoms with van der Waals surface area (Å²) in [4.78, 5) is 0. The largest absolute Gasteiger partial charge is 0.296 e. The van der Waals surface area contributed by atoms with Gasteiger partial charge in [-0.15, -0.1) is 0 Å². The maximum atomic E-state index is 13.3. The molecule has 2 nitrogen and oxygen atoms in total. The molecule has 2 atom stereocenters. The Morgan fingerprint density at radius 2 is 2.25 bits per heavy atom. The molecule has 1 heterocycles. The first-order valence-electron chi connectivity index (χ1n) is 3.81. The molecule has 1 aromatic heterocycles. The van der Waals surface area contributed by atoms with E-state index in [0.29, 0.717) is 5.56 Å². The second-order valence-corrected chi connectivity index (χ2v) is 3.26. The van der Waals surface area contributed by atoms with Crippen molar-refractivity contribution in [3.8, 4) is 0 Å². The Hall–Kier alpha value is -1.19. The molecule has 0 fully saturated rings. The van der Waals surface area contributed by atoms with Crippen LogP contribution in [0.2, 0.25) is 0 Å². The van der Waals surface area contributed by atoms with E-state index in [-0.39, 0.29) is 11.6 Å². The zero-order valence-electron chi connectivity index (χ0n) is 6.09. The summed E-state index contributed by atoms with van der Waals surface area (Å²) in [5.41, 5.74) is 0.662. The van der Waals surface area contributed by atoms with Crippen LogP contribution in [0.5, 0.6) is 0 Å². The van der Waals surface area contributed by atoms with Crippen LogP contribution in [0.25, 0.3) is 0 Å². The Morgan fingerprint density at radius 3 is 2.92 bits per heavy atom. The molecule has 0 bridgehead atoms. The number of aromatic amines is 1. The van der Waals surface area contributed by atoms with Gasteiger partial charge in [0.2, 0.25) is 0 Å². The van der Waals surface area contributed by atoms with Gasteiger partial charge in [0.25, 0.3) is 5.92 Å². The van der Waals surface area contributed by atoms with E-state index >= 15 is 0 Å². The molecule has 1 aromatic rings. The minimum atomic E-state index is -2.73. The highest BCUT2D eigenvalue weighted by Gasteiger charge is 2.56. The maximum Gasteiger partial charge on any atom is 0.296 e. The molecule has 2 aliphatic rings. The van der Waals surface area contributed by atoms with Crippen LogP contribution < -0.4 is 0 Å². The zero-order chi connectivity index (χ0) is 8.34. The third-order valence-electron chi connectivity index (χ3n) is 2.69. The number of allylic oxidation sites excluding steroid dienone is 2. The molecule has 62 valence electrons. The molecule has 0 saturated carbocycles. The first-order chi connectivity index (χ1) is 5.71. The van der Waals surface area contributed by atoms with E-state index in [4.69, 9.17) is 0 Å². The number of rotatable bonds is 0. The second kappa shape index (κ2) is 1.60. The fourth-order valence-corrected chi connectivity index (χ4v) is 1.96. The van der Waals surface area contributed by atoms with Crippen LogP contribution in [-0.4, -0.2) is 10.2 Å². The van der Waals surface area contributed by atoms with Crippen LogP contribution >= 0.6 is 0 Å². The highest BCUT2D eigenvalue weighted by atomic mass is 19.3. The Morgan fingerprint density at radius 1 is 1.42 bits per heavy atom. The van der Waals surface area contributed by atoms with E-state index < -0.39 is 11.8 Å². The summed E-state index contributed by atoms with van der Waals surface area (Å²) < 4.78 is 26.7. The van der Waals surface area contributed by atoms with Crippen molar-refractivity contribution < 1.29 is 8.78 Å². The van der Waals surface area contributed by atoms with Crippen molar-refractivity contribution in [2.75, 3.05) is 0 Å². The van der Waals surface area contributed by atoms with Crippen molar-refractivity contribution in [1.29, 1.82) is 0 Å². The standard InChI is InChI=1S/C8H6F2N2/c9-8(10)6-2-1-4(6)5-3-11-12-7(5)8/h1-4,6H,(H,11,12)/t4-,6-/m1/s1. The van der Waals surface area contributed by atoms with Crippen LogP contribution in [-0.2, 0) is 5.92 Å². The monoisotopic (exact) mass is 168 g/mol. The summed E-state index contributed by atoms with van der Waals surface area (Å²) in [5, 5.41) is 5.99. The third-order valence-corrected chi connectivity index (χ3v) is 2.69. The summed E-state index contributed by atoms with van der Waals surface area (Å²) in [7, 11) is 0. The minimum absolute atomic E-state index is 0.00231. The molecule has 0 amide bonds. The second-order valence-electron chi connectivity index (χ2n) is 3.26. The lowest BCUT2D eigenvalue weighted by atomic mass is 9.82. The molecule has 0 aliphatic heterocycles. The van der Waals surface area contributed by atoms with Gasteiger partial charge >= 0.3 is 0 Å². The number of halogens is 2. The van der Waals surface area contributed by atoms with Crippen molar-refractivity contribution >= 4 is 0 Å². The number of hydrogen-bond acceptors (Lipinski definition) is 1. The van der Waals surface area contributed by atoms with Gasteiger partial charge in [-0.1, -0.05) is 12.2 Å². The van der Waals surface area contributed by atoms with Crippen LogP contribution in [0.3, 0.4) is 0 Å². The molecule has 12 heavy (non-hydrogen) atoms. The Labute approximate surface area is 67.3 Å². The molecular weight excluding hydrogens is 162 g/mol. The van der Waals surface area contributed by atoms with Crippen molar-refractivity contribution in [2.45, 2.75) is 11.8 Å². The van der Waals surface area contributed by atoms with Gasteiger partial charge in [-0.25, -0.2) is 0 Å². The molecule has 4 heteroatoms. The van der Waals surface area contributed by atoms with E-state index in [2.05, 4.69) is 10.2 Å². The Bertz CT molecular complexity index is 367. The molecule has 0 aromatic carbocycles. The average molecular weight is 168 g/mol. The molecule has 0 unspecified atom stereocenters. The normalized spacial score (nSPS) is 34.2. The maximum absolute atomic E-state index is 13.3. The number of nitrogens with one attached hydrogen (secondary N) is 1. The molecule has 3 rings (SSSR count). The lowest BCUT2D eigenvalue weighted by Gasteiger charge is -2.26. The summed E-state index contributed by atoms with van der Waals surface area (Å²) in [6.45, 7) is 0. The highest BCUT2D eigenvalue weighted by Crippen LogP contribution is 2.57. The molecular formula is C8H6F2N2. The van der Waals surface area contributed by atoms with Gasteiger partial charge in [0.1, 0.15) is 5.69 Å². The predicted molar refractivity (Wildman–Crippen MR) is 37.9 cm³/mol. The minimum Gasteiger partial charge on any atom is -0.276 e. The van der Waals surface area contributed by atoms with Gasteiger partial charge in [0, 0.05) is 11.5 Å². The number of aromatic nitrogens is 2. The van der Waals surface area contributed by atoms with Crippen LogP contribution in [0.4, 0.5) is 8.78 Å². The summed E-state index contributed by atoms with van der Waals surface area (Å²) in [6.07, 6.45) is 4.87.